The van der Waals surface area contributed by atoms with Gasteiger partial charge in [-0.2, -0.15) is 0 Å². The summed E-state index contributed by atoms with van der Waals surface area (Å²) in [5.74, 6) is 0.627. The van der Waals surface area contributed by atoms with Crippen LogP contribution < -0.4 is 23.6 Å². The van der Waals surface area contributed by atoms with Gasteiger partial charge in [0.05, 0.1) is 7.11 Å². The molecule has 0 radical (unpaired) electrons. The molecule has 1 aromatic carbocycles. The molecule has 3 nitrogen and oxygen atoms in total. The minimum absolute atomic E-state index is 0. The normalized spacial score (nSPS) is 10.3. The molecule has 1 rings (SSSR count). The quantitative estimate of drug-likeness (QED) is 0.413. The van der Waals surface area contributed by atoms with Gasteiger partial charge in [0, 0.05) is 14.7 Å². The van der Waals surface area contributed by atoms with Crippen molar-refractivity contribution in [3.63, 3.8) is 0 Å². The first-order valence-electron chi connectivity index (χ1n) is 3.26. The second-order valence-electron chi connectivity index (χ2n) is 2.29. The fraction of sp³-hybridized carbons (Fsp3) is 0.125. The molecule has 0 aliphatic carbocycles. The molecule has 0 fully saturated rings. The van der Waals surface area contributed by atoms with Crippen LogP contribution in [-0.4, -0.2) is 15.5 Å². The van der Waals surface area contributed by atoms with E-state index < -0.39 is 9.84 Å². The number of rotatable bonds is 2. The third-order valence-corrected chi connectivity index (χ3v) is 2.41. The molecule has 0 aliphatic rings. The molecule has 0 atom stereocenters. The molecule has 0 saturated carbocycles. The van der Waals surface area contributed by atoms with E-state index in [1.54, 1.807) is 12.1 Å². The monoisotopic (exact) mass is 192 g/mol. The molecule has 0 amide bonds. The van der Waals surface area contributed by atoms with E-state index in [0.29, 0.717) is 5.75 Å². The molecule has 0 saturated heterocycles. The van der Waals surface area contributed by atoms with E-state index in [2.05, 4.69) is 6.26 Å². The zero-order chi connectivity index (χ0) is 9.19. The summed E-state index contributed by atoms with van der Waals surface area (Å²) in [6, 6.07) is 6.08. The van der Waals surface area contributed by atoms with Crippen LogP contribution in [0.25, 0.3) is 0 Å². The molecule has 5 heteroatoms. The molecule has 1 aromatic rings. The van der Waals surface area contributed by atoms with E-state index in [1.165, 1.54) is 19.2 Å². The van der Waals surface area contributed by atoms with Crippen molar-refractivity contribution in [2.45, 2.75) is 4.90 Å². The predicted molar refractivity (Wildman–Crippen MR) is 45.5 cm³/mol. The Morgan fingerprint density at radius 2 is 1.69 bits per heavy atom. The van der Waals surface area contributed by atoms with Crippen LogP contribution in [0.1, 0.15) is 0 Å². The minimum atomic E-state index is -3.33. The predicted octanol–water partition coefficient (Wildman–Crippen LogP) is -1.74. The topological polar surface area (TPSA) is 43.4 Å². The average molecular weight is 192 g/mol. The first-order valence-corrected chi connectivity index (χ1v) is 4.91. The van der Waals surface area contributed by atoms with Gasteiger partial charge >= 0.3 is 18.9 Å². The fourth-order valence-corrected chi connectivity index (χ4v) is 1.33. The maximum Gasteiger partial charge on any atom is 1.00 e. The zero-order valence-electron chi connectivity index (χ0n) is 7.65. The maximum atomic E-state index is 10.9. The van der Waals surface area contributed by atoms with Crippen LogP contribution in [-0.2, 0) is 9.84 Å². The molecular formula is C8H9LiO3S. The van der Waals surface area contributed by atoms with Crippen molar-refractivity contribution in [3.8, 4) is 5.75 Å². The number of hydrogen-bond donors (Lipinski definition) is 0. The Balaban J connectivity index is 0.00000144. The van der Waals surface area contributed by atoms with E-state index in [0.717, 1.165) is 0 Å². The van der Waals surface area contributed by atoms with Gasteiger partial charge in [0.2, 0.25) is 0 Å². The Hall–Kier alpha value is -0.433. The van der Waals surface area contributed by atoms with Crippen molar-refractivity contribution in [2.24, 2.45) is 0 Å². The molecule has 0 heterocycles. The van der Waals surface area contributed by atoms with Crippen LogP contribution in [0.4, 0.5) is 0 Å². The van der Waals surface area contributed by atoms with Gasteiger partial charge in [0.15, 0.2) is 0 Å². The average Bonchev–Trinajstić information content (AvgIpc) is 2.03. The summed E-state index contributed by atoms with van der Waals surface area (Å²) in [5.41, 5.74) is 0. The van der Waals surface area contributed by atoms with Crippen molar-refractivity contribution in [1.29, 1.82) is 0 Å². The summed E-state index contributed by atoms with van der Waals surface area (Å²) in [7, 11) is -1.81. The number of methoxy groups -OCH3 is 1. The van der Waals surface area contributed by atoms with Crippen molar-refractivity contribution in [1.82, 2.24) is 0 Å². The molecular weight excluding hydrogens is 183 g/mol. The fourth-order valence-electron chi connectivity index (χ4n) is 0.783. The van der Waals surface area contributed by atoms with Gasteiger partial charge in [0.1, 0.15) is 5.75 Å². The van der Waals surface area contributed by atoms with Crippen LogP contribution in [0.3, 0.4) is 0 Å². The van der Waals surface area contributed by atoms with E-state index >= 15 is 0 Å². The summed E-state index contributed by atoms with van der Waals surface area (Å²) in [5, 5.41) is 0. The van der Waals surface area contributed by atoms with Crippen molar-refractivity contribution in [3.05, 3.63) is 30.5 Å². The Kier molecular flexibility index (Phi) is 4.55. The summed E-state index contributed by atoms with van der Waals surface area (Å²) < 4.78 is 26.6. The summed E-state index contributed by atoms with van der Waals surface area (Å²) in [6.45, 7) is 0. The van der Waals surface area contributed by atoms with Gasteiger partial charge in [-0.05, 0) is 24.3 Å². The Morgan fingerprint density at radius 1 is 1.23 bits per heavy atom. The molecule has 0 aromatic heterocycles. The first kappa shape index (κ1) is 12.6. The summed E-state index contributed by atoms with van der Waals surface area (Å²) >= 11 is 0. The number of benzene rings is 1. The van der Waals surface area contributed by atoms with Crippen molar-refractivity contribution >= 4 is 9.84 Å². The van der Waals surface area contributed by atoms with Gasteiger partial charge in [-0.25, -0.2) is 6.26 Å². The van der Waals surface area contributed by atoms with Gasteiger partial charge in [-0.15, -0.1) is 0 Å². The van der Waals surface area contributed by atoms with Crippen molar-refractivity contribution < 1.29 is 32.0 Å². The van der Waals surface area contributed by atoms with Crippen LogP contribution in [0.15, 0.2) is 29.2 Å². The summed E-state index contributed by atoms with van der Waals surface area (Å²) in [4.78, 5) is 0.198. The van der Waals surface area contributed by atoms with Gasteiger partial charge in [-0.3, -0.25) is 8.42 Å². The van der Waals surface area contributed by atoms with E-state index in [1.807, 2.05) is 0 Å². The largest absolute Gasteiger partial charge is 1.00 e. The third-order valence-electron chi connectivity index (χ3n) is 1.42. The smallest absolute Gasteiger partial charge is 0.497 e. The SMILES string of the molecule is [CH2-]S(=O)(=O)c1ccc(OC)cc1.[Li+]. The van der Waals surface area contributed by atoms with Crippen LogP contribution in [0, 0.1) is 6.26 Å². The molecule has 0 aliphatic heterocycles. The van der Waals surface area contributed by atoms with Gasteiger partial charge < -0.3 is 4.74 Å². The number of sulfone groups is 1. The van der Waals surface area contributed by atoms with Crippen LogP contribution in [0.5, 0.6) is 5.75 Å². The molecule has 0 bridgehead atoms. The van der Waals surface area contributed by atoms with Crippen LogP contribution >= 0.6 is 0 Å². The Morgan fingerprint density at radius 3 is 2.00 bits per heavy atom. The Bertz CT molecular complexity index is 355. The molecule has 13 heavy (non-hydrogen) atoms. The second-order valence-corrected chi connectivity index (χ2v) is 3.99. The van der Waals surface area contributed by atoms with Gasteiger partial charge in [-0.1, -0.05) is 0 Å². The maximum absolute atomic E-state index is 10.9. The molecule has 0 N–H and O–H groups in total. The molecule has 0 spiro atoms. The van der Waals surface area contributed by atoms with E-state index in [4.69, 9.17) is 4.74 Å². The summed E-state index contributed by atoms with van der Waals surface area (Å²) in [6.07, 6.45) is 3.03. The number of hydrogen-bond acceptors (Lipinski definition) is 3. The zero-order valence-corrected chi connectivity index (χ0v) is 8.47. The molecule has 0 unspecified atom stereocenters. The standard InChI is InChI=1S/C8H9O3S.Li/c1-11-7-3-5-8(6-4-7)12(2,9)10;/h3-6H,2H2,1H3;/q-1;+1. The number of ether oxygens (including phenoxy) is 1. The van der Waals surface area contributed by atoms with Crippen LogP contribution in [0.2, 0.25) is 0 Å². The third kappa shape index (κ3) is 3.43. The van der Waals surface area contributed by atoms with Gasteiger partial charge in [0.25, 0.3) is 0 Å². The van der Waals surface area contributed by atoms with E-state index in [9.17, 15) is 8.42 Å². The minimum Gasteiger partial charge on any atom is -0.497 e. The van der Waals surface area contributed by atoms with E-state index in [-0.39, 0.29) is 23.8 Å². The Labute approximate surface area is 90.2 Å². The van der Waals surface area contributed by atoms with Crippen molar-refractivity contribution in [2.75, 3.05) is 7.11 Å². The molecule has 66 valence electrons. The first-order chi connectivity index (χ1) is 5.54. The second kappa shape index (κ2) is 4.71.